The van der Waals surface area contributed by atoms with Crippen molar-refractivity contribution in [2.75, 3.05) is 31.1 Å². The number of halogens is 2. The average Bonchev–Trinajstić information content (AvgIpc) is 3.16. The first kappa shape index (κ1) is 21.0. The number of pyridine rings is 1. The van der Waals surface area contributed by atoms with E-state index in [9.17, 15) is 4.79 Å². The van der Waals surface area contributed by atoms with Gasteiger partial charge in [-0.25, -0.2) is 4.98 Å². The maximum absolute atomic E-state index is 12.5. The Hall–Kier alpha value is -1.04. The minimum atomic E-state index is 0. The summed E-state index contributed by atoms with van der Waals surface area (Å²) in [4.78, 5) is 21.1. The van der Waals surface area contributed by atoms with E-state index in [4.69, 9.17) is 5.73 Å². The predicted molar refractivity (Wildman–Crippen MR) is 102 cm³/mol. The molecule has 0 unspecified atom stereocenters. The number of carbonyl (C=O) groups excluding carboxylic acids is 1. The van der Waals surface area contributed by atoms with Gasteiger partial charge in [0.2, 0.25) is 0 Å². The quantitative estimate of drug-likeness (QED) is 0.882. The normalized spacial score (nSPS) is 23.2. The molecule has 2 N–H and O–H groups in total. The SMILES string of the molecule is CC(C)[C@H]1CN(c2cc(C(=O)N3CCCC3)ccn2)C[C@@H]1N.Cl.Cl. The van der Waals surface area contributed by atoms with E-state index in [0.29, 0.717) is 11.8 Å². The summed E-state index contributed by atoms with van der Waals surface area (Å²) in [5.74, 6) is 2.06. The number of carbonyl (C=O) groups is 1. The molecule has 1 aromatic rings. The number of nitrogens with two attached hydrogens (primary N) is 1. The van der Waals surface area contributed by atoms with E-state index in [0.717, 1.165) is 50.4 Å². The lowest BCUT2D eigenvalue weighted by Gasteiger charge is -2.20. The monoisotopic (exact) mass is 374 g/mol. The molecule has 7 heteroatoms. The Balaban J connectivity index is 0.00000144. The molecule has 0 radical (unpaired) electrons. The van der Waals surface area contributed by atoms with Gasteiger partial charge in [-0.2, -0.15) is 0 Å². The molecular weight excluding hydrogens is 347 g/mol. The Morgan fingerprint density at radius 3 is 2.50 bits per heavy atom. The van der Waals surface area contributed by atoms with Gasteiger partial charge in [-0.15, -0.1) is 24.8 Å². The Morgan fingerprint density at radius 1 is 1.25 bits per heavy atom. The van der Waals surface area contributed by atoms with Gasteiger partial charge in [0.25, 0.3) is 5.91 Å². The van der Waals surface area contributed by atoms with Gasteiger partial charge in [0.1, 0.15) is 5.82 Å². The first-order valence-corrected chi connectivity index (χ1v) is 8.32. The van der Waals surface area contributed by atoms with Crippen LogP contribution in [-0.2, 0) is 0 Å². The lowest BCUT2D eigenvalue weighted by molar-refractivity contribution is 0.0792. The lowest BCUT2D eigenvalue weighted by Crippen LogP contribution is -2.32. The zero-order valence-electron chi connectivity index (χ0n) is 14.4. The highest BCUT2D eigenvalue weighted by Crippen LogP contribution is 2.27. The average molecular weight is 375 g/mol. The highest BCUT2D eigenvalue weighted by Gasteiger charge is 2.33. The molecule has 0 spiro atoms. The van der Waals surface area contributed by atoms with Crippen LogP contribution < -0.4 is 10.6 Å². The summed E-state index contributed by atoms with van der Waals surface area (Å²) in [7, 11) is 0. The fourth-order valence-corrected chi connectivity index (χ4v) is 3.57. The number of hydrogen-bond acceptors (Lipinski definition) is 4. The molecule has 0 saturated carbocycles. The smallest absolute Gasteiger partial charge is 0.254 e. The molecule has 2 aliphatic rings. The first-order valence-electron chi connectivity index (χ1n) is 8.32. The number of likely N-dealkylation sites (tertiary alicyclic amines) is 1. The van der Waals surface area contributed by atoms with E-state index in [2.05, 4.69) is 23.7 Å². The van der Waals surface area contributed by atoms with Gasteiger partial charge < -0.3 is 15.5 Å². The number of anilines is 1. The molecule has 2 saturated heterocycles. The van der Waals surface area contributed by atoms with Crippen LogP contribution in [0, 0.1) is 11.8 Å². The van der Waals surface area contributed by atoms with E-state index in [1.807, 2.05) is 17.0 Å². The molecule has 5 nitrogen and oxygen atoms in total. The maximum Gasteiger partial charge on any atom is 0.254 e. The highest BCUT2D eigenvalue weighted by molar-refractivity contribution is 5.95. The summed E-state index contributed by atoms with van der Waals surface area (Å²) in [5, 5.41) is 0. The van der Waals surface area contributed by atoms with Crippen molar-refractivity contribution in [2.24, 2.45) is 17.6 Å². The predicted octanol–water partition coefficient (Wildman–Crippen LogP) is 2.58. The zero-order chi connectivity index (χ0) is 15.7. The second kappa shape index (κ2) is 8.88. The van der Waals surface area contributed by atoms with Crippen molar-refractivity contribution in [3.05, 3.63) is 23.9 Å². The first-order chi connectivity index (χ1) is 10.6. The van der Waals surface area contributed by atoms with Crippen molar-refractivity contribution in [3.63, 3.8) is 0 Å². The van der Waals surface area contributed by atoms with Crippen molar-refractivity contribution in [1.82, 2.24) is 9.88 Å². The number of rotatable bonds is 3. The standard InChI is InChI=1S/C17H26N4O.2ClH/c1-12(2)14-10-21(11-15(14)18)16-9-13(5-6-19-16)17(22)20-7-3-4-8-20;;/h5-6,9,12,14-15H,3-4,7-8,10-11,18H2,1-2H3;2*1H/t14-,15+;;/m1../s1. The van der Waals surface area contributed by atoms with E-state index < -0.39 is 0 Å². The van der Waals surface area contributed by atoms with Gasteiger partial charge in [0.15, 0.2) is 0 Å². The van der Waals surface area contributed by atoms with E-state index in [1.165, 1.54) is 0 Å². The van der Waals surface area contributed by atoms with Crippen molar-refractivity contribution in [3.8, 4) is 0 Å². The van der Waals surface area contributed by atoms with Crippen LogP contribution in [0.1, 0.15) is 37.0 Å². The molecule has 2 fully saturated rings. The summed E-state index contributed by atoms with van der Waals surface area (Å²) in [5.41, 5.74) is 7.00. The minimum absolute atomic E-state index is 0. The van der Waals surface area contributed by atoms with Gasteiger partial charge in [-0.1, -0.05) is 13.8 Å². The fraction of sp³-hybridized carbons (Fsp3) is 0.647. The molecule has 136 valence electrons. The van der Waals surface area contributed by atoms with Crippen LogP contribution in [-0.4, -0.2) is 48.0 Å². The van der Waals surface area contributed by atoms with Crippen LogP contribution in [0.3, 0.4) is 0 Å². The largest absolute Gasteiger partial charge is 0.355 e. The molecule has 2 aliphatic heterocycles. The highest BCUT2D eigenvalue weighted by atomic mass is 35.5. The van der Waals surface area contributed by atoms with Crippen LogP contribution in [0.4, 0.5) is 5.82 Å². The third-order valence-electron chi connectivity index (χ3n) is 4.98. The molecule has 0 aromatic carbocycles. The topological polar surface area (TPSA) is 62.5 Å². The lowest BCUT2D eigenvalue weighted by atomic mass is 9.92. The van der Waals surface area contributed by atoms with Crippen LogP contribution >= 0.6 is 24.8 Å². The second-order valence-electron chi connectivity index (χ2n) is 6.88. The van der Waals surface area contributed by atoms with Gasteiger partial charge in [0.05, 0.1) is 0 Å². The molecule has 1 amide bonds. The van der Waals surface area contributed by atoms with Crippen molar-refractivity contribution >= 4 is 36.5 Å². The van der Waals surface area contributed by atoms with Gasteiger partial charge >= 0.3 is 0 Å². The molecule has 2 atom stereocenters. The number of hydrogen-bond donors (Lipinski definition) is 1. The molecule has 1 aromatic heterocycles. The summed E-state index contributed by atoms with van der Waals surface area (Å²) < 4.78 is 0. The van der Waals surface area contributed by atoms with Crippen LogP contribution in [0.15, 0.2) is 18.3 Å². The van der Waals surface area contributed by atoms with E-state index in [-0.39, 0.29) is 36.8 Å². The molecule has 0 bridgehead atoms. The Kier molecular flexibility index (Phi) is 7.77. The molecule has 0 aliphatic carbocycles. The van der Waals surface area contributed by atoms with Gasteiger partial charge in [0, 0.05) is 44.0 Å². The molecular formula is C17H28Cl2N4O. The van der Waals surface area contributed by atoms with Crippen molar-refractivity contribution < 1.29 is 4.79 Å². The zero-order valence-corrected chi connectivity index (χ0v) is 16.0. The van der Waals surface area contributed by atoms with Gasteiger partial charge in [-0.05, 0) is 36.8 Å². The summed E-state index contributed by atoms with van der Waals surface area (Å²) >= 11 is 0. The summed E-state index contributed by atoms with van der Waals surface area (Å²) in [6, 6.07) is 3.93. The Morgan fingerprint density at radius 2 is 1.92 bits per heavy atom. The molecule has 24 heavy (non-hydrogen) atoms. The second-order valence-corrected chi connectivity index (χ2v) is 6.88. The van der Waals surface area contributed by atoms with Crippen LogP contribution in [0.25, 0.3) is 0 Å². The third-order valence-corrected chi connectivity index (χ3v) is 4.98. The Bertz CT molecular complexity index is 549. The van der Waals surface area contributed by atoms with Gasteiger partial charge in [-0.3, -0.25) is 4.79 Å². The van der Waals surface area contributed by atoms with Crippen molar-refractivity contribution in [2.45, 2.75) is 32.7 Å². The summed E-state index contributed by atoms with van der Waals surface area (Å²) in [6.07, 6.45) is 3.97. The van der Waals surface area contributed by atoms with E-state index in [1.54, 1.807) is 6.20 Å². The Labute approximate surface area is 156 Å². The van der Waals surface area contributed by atoms with E-state index >= 15 is 0 Å². The number of aromatic nitrogens is 1. The minimum Gasteiger partial charge on any atom is -0.355 e. The molecule has 3 heterocycles. The molecule has 3 rings (SSSR count). The van der Waals surface area contributed by atoms with Crippen LogP contribution in [0.5, 0.6) is 0 Å². The third kappa shape index (κ3) is 4.32. The number of nitrogens with zero attached hydrogens (tertiary/aromatic N) is 3. The summed E-state index contributed by atoms with van der Waals surface area (Å²) in [6.45, 7) is 7.93. The van der Waals surface area contributed by atoms with Crippen LogP contribution in [0.2, 0.25) is 0 Å². The van der Waals surface area contributed by atoms with Crippen molar-refractivity contribution in [1.29, 1.82) is 0 Å². The maximum atomic E-state index is 12.5. The number of amides is 1. The fourth-order valence-electron chi connectivity index (χ4n) is 3.57.